The van der Waals surface area contributed by atoms with Crippen LogP contribution >= 0.6 is 22.9 Å². The van der Waals surface area contributed by atoms with Crippen molar-refractivity contribution in [2.45, 2.75) is 12.5 Å². The van der Waals surface area contributed by atoms with E-state index < -0.39 is 5.82 Å². The minimum absolute atomic E-state index is 0.279. The Kier molecular flexibility index (Phi) is 6.07. The Balaban J connectivity index is 1.56. The smallest absolute Gasteiger partial charge is 0.228 e. The molecule has 0 saturated carbocycles. The summed E-state index contributed by atoms with van der Waals surface area (Å²) in [5.74, 6) is 0.830. The maximum atomic E-state index is 16.5. The molecule has 0 bridgehead atoms. The molecule has 4 aromatic rings. The number of benzene rings is 2. The number of para-hydroxylation sites is 1. The Morgan fingerprint density at radius 3 is 2.67 bits per heavy atom. The average Bonchev–Trinajstić information content (AvgIpc) is 3.51. The van der Waals surface area contributed by atoms with Crippen molar-refractivity contribution >= 4 is 61.0 Å². The number of halogens is 2. The quantitative estimate of drug-likeness (QED) is 0.415. The van der Waals surface area contributed by atoms with Gasteiger partial charge in [0.05, 0.1) is 15.2 Å². The highest BCUT2D eigenvalue weighted by atomic mass is 35.5. The summed E-state index contributed by atoms with van der Waals surface area (Å²) >= 11 is 8.16. The second-order valence-corrected chi connectivity index (χ2v) is 11.1. The third-order valence-electron chi connectivity index (χ3n) is 7.15. The minimum Gasteiger partial charge on any atom is -0.375 e. The first-order chi connectivity index (χ1) is 17.4. The van der Waals surface area contributed by atoms with Crippen LogP contribution in [0.4, 0.5) is 21.3 Å². The lowest BCUT2D eigenvalue weighted by Crippen LogP contribution is -2.44. The van der Waals surface area contributed by atoms with Gasteiger partial charge >= 0.3 is 0 Å². The van der Waals surface area contributed by atoms with Crippen LogP contribution in [0.25, 0.3) is 32.2 Å². The van der Waals surface area contributed by atoms with E-state index in [4.69, 9.17) is 27.3 Å². The molecule has 188 valence electrons. The van der Waals surface area contributed by atoms with E-state index in [0.717, 1.165) is 56.2 Å². The van der Waals surface area contributed by atoms with Crippen molar-refractivity contribution in [3.63, 3.8) is 0 Å². The van der Waals surface area contributed by atoms with Gasteiger partial charge < -0.3 is 25.8 Å². The summed E-state index contributed by atoms with van der Waals surface area (Å²) in [6, 6.07) is 7.84. The number of thiazole rings is 1. The summed E-state index contributed by atoms with van der Waals surface area (Å²) in [4.78, 5) is 20.8. The van der Waals surface area contributed by atoms with E-state index in [1.807, 2.05) is 18.2 Å². The van der Waals surface area contributed by atoms with Crippen LogP contribution in [-0.2, 0) is 0 Å². The second-order valence-electron chi connectivity index (χ2n) is 9.58. The predicted molar refractivity (Wildman–Crippen MR) is 147 cm³/mol. The van der Waals surface area contributed by atoms with Crippen LogP contribution in [-0.4, -0.2) is 79.3 Å². The zero-order valence-electron chi connectivity index (χ0n) is 20.3. The number of anilines is 3. The van der Waals surface area contributed by atoms with Crippen LogP contribution in [0.2, 0.25) is 5.02 Å². The van der Waals surface area contributed by atoms with Crippen molar-refractivity contribution in [3.8, 4) is 11.1 Å². The normalized spacial score (nSPS) is 18.8. The third-order valence-corrected chi connectivity index (χ3v) is 8.30. The Morgan fingerprint density at radius 1 is 1.11 bits per heavy atom. The number of likely N-dealkylation sites (N-methyl/N-ethyl adjacent to an activating group) is 1. The molecule has 2 fully saturated rings. The number of fused-ring (bicyclic) bond motifs is 2. The molecule has 6 rings (SSSR count). The fourth-order valence-electron chi connectivity index (χ4n) is 5.19. The Morgan fingerprint density at radius 2 is 1.92 bits per heavy atom. The molecule has 2 saturated heterocycles. The van der Waals surface area contributed by atoms with Crippen molar-refractivity contribution in [2.75, 3.05) is 68.9 Å². The number of hydrogen-bond donors (Lipinski definition) is 2. The second kappa shape index (κ2) is 9.26. The molecule has 0 spiro atoms. The van der Waals surface area contributed by atoms with E-state index in [1.165, 1.54) is 11.3 Å². The first-order valence-electron chi connectivity index (χ1n) is 12.1. The van der Waals surface area contributed by atoms with Crippen molar-refractivity contribution < 1.29 is 4.39 Å². The first kappa shape index (κ1) is 23.6. The topological polar surface area (TPSA) is 86.4 Å². The largest absolute Gasteiger partial charge is 0.375 e. The zero-order chi connectivity index (χ0) is 25.0. The Labute approximate surface area is 217 Å². The molecule has 2 aliphatic rings. The molecule has 2 aromatic carbocycles. The fourth-order valence-corrected chi connectivity index (χ4v) is 6.24. The molecule has 0 unspecified atom stereocenters. The van der Waals surface area contributed by atoms with Crippen molar-refractivity contribution in [2.24, 2.45) is 0 Å². The lowest BCUT2D eigenvalue weighted by atomic mass is 10.0. The van der Waals surface area contributed by atoms with Crippen molar-refractivity contribution in [1.82, 2.24) is 25.2 Å². The number of nitrogens with one attached hydrogen (secondary N) is 1. The van der Waals surface area contributed by atoms with Crippen LogP contribution in [0, 0.1) is 5.82 Å². The van der Waals surface area contributed by atoms with Gasteiger partial charge in [0.1, 0.15) is 11.3 Å². The Bertz CT molecular complexity index is 1450. The van der Waals surface area contributed by atoms with Crippen LogP contribution in [0.5, 0.6) is 0 Å². The van der Waals surface area contributed by atoms with Crippen molar-refractivity contribution in [3.05, 3.63) is 35.1 Å². The van der Waals surface area contributed by atoms with Gasteiger partial charge in [-0.15, -0.1) is 0 Å². The van der Waals surface area contributed by atoms with Crippen LogP contribution in [0.15, 0.2) is 24.3 Å². The molecule has 0 radical (unpaired) electrons. The molecular weight excluding hydrogens is 499 g/mol. The van der Waals surface area contributed by atoms with E-state index in [0.29, 0.717) is 44.2 Å². The summed E-state index contributed by atoms with van der Waals surface area (Å²) in [7, 11) is 4.17. The molecule has 0 aliphatic carbocycles. The van der Waals surface area contributed by atoms with Gasteiger partial charge in [0, 0.05) is 61.8 Å². The molecule has 8 nitrogen and oxygen atoms in total. The number of hydrogen-bond acceptors (Lipinski definition) is 9. The Hall–Kier alpha value is -2.79. The predicted octanol–water partition coefficient (Wildman–Crippen LogP) is 3.83. The molecule has 1 atom stereocenters. The molecule has 2 aliphatic heterocycles. The standard InChI is InChI=1S/C25H28ClFN8S/c1-33(2)14-6-9-35(13-14)25-31-22-16(23(32-25)34-10-7-29-8-11-34)12-17(26)19(20(22)27)15-4-3-5-18-21(15)30-24(28)36-18/h3-5,12,14,29H,6-11,13H2,1-2H3,(H2,28,30)/t14-/m1/s1. The number of piperazine rings is 1. The molecule has 2 aromatic heterocycles. The number of aromatic nitrogens is 3. The van der Waals surface area contributed by atoms with Gasteiger partial charge in [0.15, 0.2) is 10.9 Å². The summed E-state index contributed by atoms with van der Waals surface area (Å²) in [6.07, 6.45) is 1.01. The van der Waals surface area contributed by atoms with Gasteiger partial charge in [0.2, 0.25) is 5.95 Å². The van der Waals surface area contributed by atoms with Crippen LogP contribution < -0.4 is 20.9 Å². The van der Waals surface area contributed by atoms with Gasteiger partial charge in [-0.2, -0.15) is 4.98 Å². The molecular formula is C25H28ClFN8S. The summed E-state index contributed by atoms with van der Waals surface area (Å²) < 4.78 is 17.4. The third kappa shape index (κ3) is 4.02. The minimum atomic E-state index is -0.458. The van der Waals surface area contributed by atoms with Gasteiger partial charge in [-0.3, -0.25) is 0 Å². The van der Waals surface area contributed by atoms with E-state index >= 15 is 4.39 Å². The molecule has 3 N–H and O–H groups in total. The molecule has 11 heteroatoms. The highest BCUT2D eigenvalue weighted by Gasteiger charge is 2.29. The first-order valence-corrected chi connectivity index (χ1v) is 13.3. The van der Waals surface area contributed by atoms with Gasteiger partial charge in [-0.1, -0.05) is 35.1 Å². The molecule has 0 amide bonds. The average molecular weight is 527 g/mol. The number of rotatable bonds is 4. The van der Waals surface area contributed by atoms with Gasteiger partial charge in [0.25, 0.3) is 0 Å². The van der Waals surface area contributed by atoms with Gasteiger partial charge in [-0.05, 0) is 32.6 Å². The van der Waals surface area contributed by atoms with E-state index in [2.05, 4.69) is 39.1 Å². The summed E-state index contributed by atoms with van der Waals surface area (Å²) in [5, 5.41) is 4.74. The van der Waals surface area contributed by atoms with Crippen LogP contribution in [0.1, 0.15) is 6.42 Å². The highest BCUT2D eigenvalue weighted by molar-refractivity contribution is 7.22. The fraction of sp³-hybridized carbons (Fsp3) is 0.400. The number of nitrogen functional groups attached to an aromatic ring is 1. The van der Waals surface area contributed by atoms with Crippen LogP contribution in [0.3, 0.4) is 0 Å². The number of nitrogens with zero attached hydrogens (tertiary/aromatic N) is 6. The van der Waals surface area contributed by atoms with E-state index in [1.54, 1.807) is 6.07 Å². The lowest BCUT2D eigenvalue weighted by Gasteiger charge is -2.30. The van der Waals surface area contributed by atoms with Gasteiger partial charge in [-0.25, -0.2) is 14.4 Å². The highest BCUT2D eigenvalue weighted by Crippen LogP contribution is 2.42. The number of nitrogens with two attached hydrogens (primary N) is 1. The summed E-state index contributed by atoms with van der Waals surface area (Å²) in [6.45, 7) is 4.88. The molecule has 4 heterocycles. The zero-order valence-corrected chi connectivity index (χ0v) is 21.8. The summed E-state index contributed by atoms with van der Waals surface area (Å²) in [5.41, 5.74) is 7.80. The van der Waals surface area contributed by atoms with Crippen molar-refractivity contribution in [1.29, 1.82) is 0 Å². The molecule has 36 heavy (non-hydrogen) atoms. The van der Waals surface area contributed by atoms with E-state index in [-0.39, 0.29) is 5.52 Å². The maximum Gasteiger partial charge on any atom is 0.228 e. The SMILES string of the molecule is CN(C)[C@@H]1CCN(c2nc(N3CCNCC3)c3cc(Cl)c(-c4cccc5sc(N)nc45)c(F)c3n2)C1. The monoisotopic (exact) mass is 526 g/mol. The van der Waals surface area contributed by atoms with E-state index in [9.17, 15) is 0 Å². The lowest BCUT2D eigenvalue weighted by molar-refractivity contribution is 0.315. The maximum absolute atomic E-state index is 16.5.